The van der Waals surface area contributed by atoms with Gasteiger partial charge in [-0.15, -0.1) is 10.2 Å². The number of tetrazole rings is 1. The quantitative estimate of drug-likeness (QED) is 0.222. The van der Waals surface area contributed by atoms with Crippen LogP contribution in [0.25, 0.3) is 11.4 Å². The summed E-state index contributed by atoms with van der Waals surface area (Å²) in [7, 11) is 4.68. The van der Waals surface area contributed by atoms with Gasteiger partial charge in [-0.05, 0) is 84.1 Å². The Labute approximate surface area is 266 Å². The summed E-state index contributed by atoms with van der Waals surface area (Å²) < 4.78 is 35.7. The van der Waals surface area contributed by atoms with Gasteiger partial charge in [0.05, 0.1) is 27.4 Å². The number of hydrogen-bond donors (Lipinski definition) is 1. The zero-order valence-corrected chi connectivity index (χ0v) is 26.0. The van der Waals surface area contributed by atoms with Crippen molar-refractivity contribution in [2.45, 2.75) is 38.0 Å². The number of amides is 2. The average Bonchev–Trinajstić information content (AvgIpc) is 3.79. The summed E-state index contributed by atoms with van der Waals surface area (Å²) in [5.74, 6) is 0.831. The molecule has 0 radical (unpaired) electrons. The molecule has 13 heteroatoms. The van der Waals surface area contributed by atoms with Gasteiger partial charge < -0.3 is 29.2 Å². The van der Waals surface area contributed by atoms with Crippen molar-refractivity contribution < 1.29 is 32.9 Å². The fraction of sp³-hybridized carbons (Fsp3) is 0.364. The average molecular weight is 633 g/mol. The maximum Gasteiger partial charge on any atom is 0.247 e. The number of nitrogens with zero attached hydrogens (tertiary/aromatic N) is 5. The second-order valence-corrected chi connectivity index (χ2v) is 10.7. The molecule has 0 aliphatic carbocycles. The van der Waals surface area contributed by atoms with Crippen LogP contribution in [-0.2, 0) is 27.3 Å². The third-order valence-corrected chi connectivity index (χ3v) is 7.76. The summed E-state index contributed by atoms with van der Waals surface area (Å²) in [4.78, 5) is 30.6. The van der Waals surface area contributed by atoms with Crippen LogP contribution >= 0.6 is 0 Å². The van der Waals surface area contributed by atoms with Crippen LogP contribution in [0.4, 0.5) is 4.39 Å². The van der Waals surface area contributed by atoms with E-state index in [-0.39, 0.29) is 19.2 Å². The van der Waals surface area contributed by atoms with Gasteiger partial charge in [0.1, 0.15) is 24.2 Å². The highest BCUT2D eigenvalue weighted by molar-refractivity contribution is 5.88. The van der Waals surface area contributed by atoms with Crippen molar-refractivity contribution >= 4 is 11.8 Å². The third-order valence-electron chi connectivity index (χ3n) is 7.76. The van der Waals surface area contributed by atoms with E-state index < -0.39 is 23.7 Å². The van der Waals surface area contributed by atoms with Crippen molar-refractivity contribution in [1.29, 1.82) is 0 Å². The summed E-state index contributed by atoms with van der Waals surface area (Å²) in [6.45, 7) is 0.793. The molecule has 1 aromatic heterocycles. The summed E-state index contributed by atoms with van der Waals surface area (Å²) >= 11 is 0. The maximum absolute atomic E-state index is 14.1. The molecule has 0 bridgehead atoms. The van der Waals surface area contributed by atoms with E-state index in [9.17, 15) is 14.0 Å². The highest BCUT2D eigenvalue weighted by Gasteiger charge is 2.32. The van der Waals surface area contributed by atoms with E-state index >= 15 is 0 Å². The molecule has 3 aromatic carbocycles. The number of ether oxygens (including phenoxy) is 4. The first-order valence-electron chi connectivity index (χ1n) is 15.0. The van der Waals surface area contributed by atoms with Crippen LogP contribution in [0, 0.1) is 5.82 Å². The van der Waals surface area contributed by atoms with E-state index in [4.69, 9.17) is 18.9 Å². The van der Waals surface area contributed by atoms with E-state index in [2.05, 4.69) is 20.7 Å². The number of carbonyl (C=O) groups excluding carboxylic acids is 2. The van der Waals surface area contributed by atoms with Crippen molar-refractivity contribution in [3.05, 3.63) is 83.7 Å². The lowest BCUT2D eigenvalue weighted by molar-refractivity contribution is -0.141. The summed E-state index contributed by atoms with van der Waals surface area (Å²) in [5.41, 5.74) is 2.01. The minimum atomic E-state index is -1.07. The number of nitrogens with one attached hydrogen (secondary N) is 1. The molecule has 1 fully saturated rings. The molecule has 12 nitrogen and oxygen atoms in total. The van der Waals surface area contributed by atoms with Gasteiger partial charge in [0.2, 0.25) is 17.6 Å². The largest absolute Gasteiger partial charge is 0.497 e. The van der Waals surface area contributed by atoms with E-state index in [0.29, 0.717) is 53.8 Å². The molecule has 0 unspecified atom stereocenters. The van der Waals surface area contributed by atoms with Crippen LogP contribution in [0.15, 0.2) is 66.7 Å². The zero-order valence-electron chi connectivity index (χ0n) is 26.0. The topological polar surface area (TPSA) is 130 Å². The molecule has 2 atom stereocenters. The number of methoxy groups -OCH3 is 3. The van der Waals surface area contributed by atoms with Crippen molar-refractivity contribution in [1.82, 2.24) is 30.4 Å². The molecular weight excluding hydrogens is 595 g/mol. The highest BCUT2D eigenvalue weighted by atomic mass is 19.1. The zero-order chi connectivity index (χ0) is 32.5. The highest BCUT2D eigenvalue weighted by Crippen LogP contribution is 2.29. The Balaban J connectivity index is 1.43. The summed E-state index contributed by atoms with van der Waals surface area (Å²) in [5, 5.41) is 15.6. The molecule has 242 valence electrons. The molecule has 46 heavy (non-hydrogen) atoms. The Kier molecular flexibility index (Phi) is 10.8. The minimum absolute atomic E-state index is 0.107. The molecular formula is C33H37FN6O6. The minimum Gasteiger partial charge on any atom is -0.497 e. The molecule has 2 heterocycles. The van der Waals surface area contributed by atoms with Crippen LogP contribution in [0.2, 0.25) is 0 Å². The molecule has 1 aliphatic rings. The van der Waals surface area contributed by atoms with Gasteiger partial charge in [-0.2, -0.15) is 4.80 Å². The molecule has 0 spiro atoms. The Bertz CT molecular complexity index is 1610. The van der Waals surface area contributed by atoms with Crippen LogP contribution in [-0.4, -0.2) is 84.1 Å². The first-order valence-corrected chi connectivity index (χ1v) is 15.0. The van der Waals surface area contributed by atoms with Gasteiger partial charge in [-0.3, -0.25) is 9.59 Å². The Hall–Kier alpha value is -5.04. The van der Waals surface area contributed by atoms with Crippen molar-refractivity contribution in [2.75, 3.05) is 41.0 Å². The second-order valence-electron chi connectivity index (χ2n) is 10.7. The predicted molar refractivity (Wildman–Crippen MR) is 166 cm³/mol. The first kappa shape index (κ1) is 32.4. The van der Waals surface area contributed by atoms with Gasteiger partial charge in [0, 0.05) is 25.3 Å². The van der Waals surface area contributed by atoms with Gasteiger partial charge in [0.25, 0.3) is 0 Å². The number of rotatable bonds is 14. The fourth-order valence-corrected chi connectivity index (χ4v) is 5.30. The van der Waals surface area contributed by atoms with Crippen LogP contribution in [0.3, 0.4) is 0 Å². The van der Waals surface area contributed by atoms with Gasteiger partial charge in [-0.25, -0.2) is 4.39 Å². The van der Waals surface area contributed by atoms with Crippen LogP contribution in [0.5, 0.6) is 17.2 Å². The van der Waals surface area contributed by atoms with Crippen molar-refractivity contribution in [3.8, 4) is 28.6 Å². The van der Waals surface area contributed by atoms with E-state index in [1.807, 2.05) is 12.1 Å². The summed E-state index contributed by atoms with van der Waals surface area (Å²) in [6, 6.07) is 17.1. The Morgan fingerprint density at radius 1 is 1.02 bits per heavy atom. The maximum atomic E-state index is 14.1. The molecule has 4 aromatic rings. The van der Waals surface area contributed by atoms with E-state index in [1.165, 1.54) is 34.0 Å². The number of aromatic nitrogens is 4. The normalized spacial score (nSPS) is 14.8. The Morgan fingerprint density at radius 3 is 2.46 bits per heavy atom. The van der Waals surface area contributed by atoms with Crippen molar-refractivity contribution in [2.24, 2.45) is 0 Å². The lowest BCUT2D eigenvalue weighted by atomic mass is 10.0. The molecule has 5 rings (SSSR count). The Morgan fingerprint density at radius 2 is 1.78 bits per heavy atom. The standard InChI is InChI=1S/C33H37FN6O6/c1-43-26-13-9-24(10-14-26)32-36-38-40(37-32)21-30(41)39(17-16-22-6-15-28(44-2)29(19-22)45-3)31(23-7-11-25(34)12-8-23)33(42)35-20-27-5-4-18-46-27/h6-15,19,27,31H,4-5,16-18,20-21H2,1-3H3,(H,35,42)/t27-,31+/m0/s1. The second kappa shape index (κ2) is 15.3. The molecule has 0 saturated carbocycles. The van der Waals surface area contributed by atoms with E-state index in [0.717, 1.165) is 18.4 Å². The van der Waals surface area contributed by atoms with Crippen LogP contribution < -0.4 is 19.5 Å². The van der Waals surface area contributed by atoms with E-state index in [1.54, 1.807) is 51.7 Å². The van der Waals surface area contributed by atoms with Crippen LogP contribution in [0.1, 0.15) is 30.0 Å². The summed E-state index contributed by atoms with van der Waals surface area (Å²) in [6.07, 6.45) is 2.02. The number of halogens is 1. The third kappa shape index (κ3) is 7.96. The smallest absolute Gasteiger partial charge is 0.247 e. The monoisotopic (exact) mass is 632 g/mol. The SMILES string of the molecule is COc1ccc(-c2nnn(CC(=O)N(CCc3ccc(OC)c(OC)c3)[C@@H](C(=O)NC[C@@H]3CCCO3)c3ccc(F)cc3)n2)cc1. The predicted octanol–water partition coefficient (Wildman–Crippen LogP) is 3.61. The van der Waals surface area contributed by atoms with Crippen molar-refractivity contribution in [3.63, 3.8) is 0 Å². The number of hydrogen-bond acceptors (Lipinski definition) is 9. The fourth-order valence-electron chi connectivity index (χ4n) is 5.30. The number of carbonyl (C=O) groups is 2. The number of benzene rings is 3. The molecule has 1 saturated heterocycles. The molecule has 1 N–H and O–H groups in total. The van der Waals surface area contributed by atoms with Gasteiger partial charge >= 0.3 is 0 Å². The van der Waals surface area contributed by atoms with Gasteiger partial charge in [-0.1, -0.05) is 18.2 Å². The lowest BCUT2D eigenvalue weighted by Gasteiger charge is -2.32. The molecule has 2 amide bonds. The molecule has 1 aliphatic heterocycles. The first-order chi connectivity index (χ1) is 22.4. The lowest BCUT2D eigenvalue weighted by Crippen LogP contribution is -2.47. The van der Waals surface area contributed by atoms with Gasteiger partial charge in [0.15, 0.2) is 11.5 Å².